The van der Waals surface area contributed by atoms with Crippen LogP contribution < -0.4 is 16.0 Å². The second-order valence-corrected chi connectivity index (χ2v) is 9.32. The Kier molecular flexibility index (Phi) is 17.6. The van der Waals surface area contributed by atoms with Crippen LogP contribution in [0.1, 0.15) is 41.0 Å². The summed E-state index contributed by atoms with van der Waals surface area (Å²) in [5.74, 6) is -0.279. The van der Waals surface area contributed by atoms with Crippen molar-refractivity contribution in [3.05, 3.63) is 12.7 Å². The minimum absolute atomic E-state index is 0. The van der Waals surface area contributed by atoms with Crippen LogP contribution in [-0.2, 0) is 51.0 Å². The van der Waals surface area contributed by atoms with Crippen LogP contribution in [-0.4, -0.2) is 63.0 Å². The first kappa shape index (κ1) is 32.8. The number of rotatable bonds is 16. The van der Waals surface area contributed by atoms with Gasteiger partial charge >= 0.3 is 13.9 Å². The van der Waals surface area contributed by atoms with E-state index in [0.717, 1.165) is 6.42 Å². The van der Waals surface area contributed by atoms with E-state index >= 15 is 0 Å². The number of alkyl carbamates (subject to hydrolysis) is 1. The van der Waals surface area contributed by atoms with Gasteiger partial charge in [-0.15, -0.1) is 6.58 Å². The second-order valence-electron chi connectivity index (χ2n) is 7.65. The van der Waals surface area contributed by atoms with Crippen molar-refractivity contribution in [1.82, 2.24) is 16.0 Å². The average Bonchev–Trinajstić information content (AvgIpc) is 2.69. The first-order valence-corrected chi connectivity index (χ1v) is 11.4. The van der Waals surface area contributed by atoms with Gasteiger partial charge in [0.1, 0.15) is 11.6 Å². The van der Waals surface area contributed by atoms with E-state index < -0.39 is 38.1 Å². The molecule has 0 fully saturated rings. The topological polar surface area (TPSA) is 141 Å². The maximum Gasteiger partial charge on any atom is 0.475 e. The van der Waals surface area contributed by atoms with E-state index in [-0.39, 0.29) is 44.2 Å². The van der Waals surface area contributed by atoms with Crippen LogP contribution in [0, 0.1) is 5.92 Å². The number of carbonyl (C=O) groups is 2. The predicted octanol–water partition coefficient (Wildman–Crippen LogP) is 2.04. The van der Waals surface area contributed by atoms with Crippen molar-refractivity contribution >= 4 is 26.2 Å². The summed E-state index contributed by atoms with van der Waals surface area (Å²) in [6, 6.07) is -1.15. The summed E-state index contributed by atoms with van der Waals surface area (Å²) in [6.45, 7) is 12.1. The molecule has 185 valence electrons. The van der Waals surface area contributed by atoms with Gasteiger partial charge in [-0.25, -0.2) is 9.36 Å². The first-order valence-electron chi connectivity index (χ1n) is 9.98. The Morgan fingerprint density at radius 3 is 2.38 bits per heavy atom. The molecule has 32 heavy (non-hydrogen) atoms. The van der Waals surface area contributed by atoms with Gasteiger partial charge in [-0.3, -0.25) is 18.4 Å². The molecule has 3 amide bonds. The van der Waals surface area contributed by atoms with E-state index in [0.29, 0.717) is 6.54 Å². The summed E-state index contributed by atoms with van der Waals surface area (Å²) in [4.78, 5) is 34.6. The van der Waals surface area contributed by atoms with Gasteiger partial charge in [0, 0.05) is 31.6 Å². The van der Waals surface area contributed by atoms with E-state index in [2.05, 4.69) is 22.5 Å². The van der Waals surface area contributed by atoms with Crippen molar-refractivity contribution in [3.8, 4) is 0 Å². The number of amides is 3. The van der Waals surface area contributed by atoms with Crippen LogP contribution in [0.3, 0.4) is 0 Å². The second kappa shape index (κ2) is 17.2. The fourth-order valence-corrected chi connectivity index (χ4v) is 3.00. The summed E-state index contributed by atoms with van der Waals surface area (Å²) in [6.07, 6.45) is 2.96. The zero-order chi connectivity index (χ0) is 23.9. The molecule has 0 aromatic rings. The molecule has 13 heteroatoms. The van der Waals surface area contributed by atoms with Crippen LogP contribution in [0.4, 0.5) is 4.79 Å². The van der Waals surface area contributed by atoms with E-state index in [1.807, 2.05) is 13.8 Å². The molecule has 3 atom stereocenters. The molecule has 0 rings (SSSR count). The molecule has 0 heterocycles. The van der Waals surface area contributed by atoms with Gasteiger partial charge in [-0.2, -0.15) is 6.41 Å². The standard InChI is InChI=1S/C19H35N3O8P.V/c1-7-10-27-31(26,28-11-9-20-18(25)30-19(4,5)6)29-13-16(22-14-23)17(24)21-12-15(3)8-2;/h7,15-16H,1,8-13H2,2-6H3,(H,20,25)(H,21,24)(H,22,23);/q-1;. The third-order valence-corrected chi connectivity index (χ3v) is 5.07. The van der Waals surface area contributed by atoms with Gasteiger partial charge in [0.25, 0.3) is 0 Å². The summed E-state index contributed by atoms with van der Waals surface area (Å²) >= 11 is 0. The fourth-order valence-electron chi connectivity index (χ4n) is 1.84. The van der Waals surface area contributed by atoms with Gasteiger partial charge in [0.05, 0.1) is 19.8 Å². The molecule has 3 unspecified atom stereocenters. The number of hydrogen-bond donors (Lipinski definition) is 3. The maximum absolute atomic E-state index is 12.8. The van der Waals surface area contributed by atoms with E-state index in [1.54, 1.807) is 20.8 Å². The number of nitrogens with one attached hydrogen (secondary N) is 3. The third kappa shape index (κ3) is 16.3. The zero-order valence-electron chi connectivity index (χ0n) is 19.3. The molecule has 1 radical (unpaired) electrons. The summed E-state index contributed by atoms with van der Waals surface area (Å²) < 4.78 is 33.3. The first-order chi connectivity index (χ1) is 14.5. The number of phosphoric acid groups is 1. The SMILES string of the molecule is C=CCOP(=O)(OCCNC(=O)OC(C)(C)C)OCC(N[C-]=O)C(=O)NCC(C)CC.[V]. The molecule has 0 aliphatic heterocycles. The summed E-state index contributed by atoms with van der Waals surface area (Å²) in [7, 11) is -4.11. The number of phosphoric ester groups is 1. The van der Waals surface area contributed by atoms with E-state index in [4.69, 9.17) is 18.3 Å². The molecule has 0 bridgehead atoms. The fraction of sp³-hybridized carbons (Fsp3) is 0.737. The Bertz CT molecular complexity index is 630. The summed E-state index contributed by atoms with van der Waals surface area (Å²) in [5, 5.41) is 7.30. The zero-order valence-corrected chi connectivity index (χ0v) is 21.6. The largest absolute Gasteiger partial charge is 0.520 e. The van der Waals surface area contributed by atoms with Gasteiger partial charge in [-0.05, 0) is 26.7 Å². The minimum atomic E-state index is -4.11. The molecule has 0 aliphatic carbocycles. The quantitative estimate of drug-likeness (QED) is 0.0933. The van der Waals surface area contributed by atoms with Crippen molar-refractivity contribution in [3.63, 3.8) is 0 Å². The Morgan fingerprint density at radius 1 is 1.19 bits per heavy atom. The van der Waals surface area contributed by atoms with Crippen molar-refractivity contribution in [1.29, 1.82) is 0 Å². The number of carbonyl (C=O) groups excluding carboxylic acids is 3. The Morgan fingerprint density at radius 2 is 1.84 bits per heavy atom. The van der Waals surface area contributed by atoms with Gasteiger partial charge in [0.15, 0.2) is 0 Å². The third-order valence-electron chi connectivity index (χ3n) is 3.64. The molecule has 0 aliphatic rings. The molecule has 3 N–H and O–H groups in total. The Hall–Kier alpha value is -1.36. The van der Waals surface area contributed by atoms with Gasteiger partial charge in [0.2, 0.25) is 5.91 Å². The van der Waals surface area contributed by atoms with Crippen LogP contribution in [0.25, 0.3) is 0 Å². The van der Waals surface area contributed by atoms with Crippen LogP contribution in [0.5, 0.6) is 0 Å². The smallest absolute Gasteiger partial charge is 0.475 e. The number of ether oxygens (including phenoxy) is 1. The van der Waals surface area contributed by atoms with Gasteiger partial charge in [-0.1, -0.05) is 26.3 Å². The van der Waals surface area contributed by atoms with Crippen LogP contribution in [0.2, 0.25) is 0 Å². The minimum Gasteiger partial charge on any atom is -0.520 e. The van der Waals surface area contributed by atoms with Crippen molar-refractivity contribution < 1.29 is 55.8 Å². The molecule has 0 saturated carbocycles. The Labute approximate surface area is 202 Å². The maximum atomic E-state index is 12.8. The molecule has 0 saturated heterocycles. The van der Waals surface area contributed by atoms with E-state index in [9.17, 15) is 18.9 Å². The number of hydrogen-bond acceptors (Lipinski definition) is 8. The van der Waals surface area contributed by atoms with Crippen LogP contribution >= 0.6 is 7.82 Å². The molecular weight excluding hydrogens is 480 g/mol. The summed E-state index contributed by atoms with van der Waals surface area (Å²) in [5.41, 5.74) is -0.663. The molecule has 0 spiro atoms. The Balaban J connectivity index is 0. The molecular formula is C19H35N3O8PV-. The van der Waals surface area contributed by atoms with Crippen LogP contribution in [0.15, 0.2) is 12.7 Å². The average molecular weight is 515 g/mol. The normalized spacial score (nSPS) is 14.7. The molecule has 0 aromatic heterocycles. The molecule has 0 aromatic carbocycles. The molecule has 11 nitrogen and oxygen atoms in total. The van der Waals surface area contributed by atoms with E-state index in [1.165, 1.54) is 12.5 Å². The monoisotopic (exact) mass is 515 g/mol. The van der Waals surface area contributed by atoms with Gasteiger partial charge < -0.3 is 25.5 Å². The van der Waals surface area contributed by atoms with Crippen molar-refractivity contribution in [2.24, 2.45) is 5.92 Å². The van der Waals surface area contributed by atoms with Crippen molar-refractivity contribution in [2.75, 3.05) is 32.9 Å². The predicted molar refractivity (Wildman–Crippen MR) is 115 cm³/mol. The van der Waals surface area contributed by atoms with Crippen molar-refractivity contribution in [2.45, 2.75) is 52.7 Å².